The molecule has 1 aliphatic heterocycles. The summed E-state index contributed by atoms with van der Waals surface area (Å²) in [6, 6.07) is 0. The van der Waals surface area contributed by atoms with Gasteiger partial charge in [0, 0.05) is 5.41 Å². The van der Waals surface area contributed by atoms with E-state index in [1.165, 1.54) is 0 Å². The maximum absolute atomic E-state index is 12.6. The highest BCUT2D eigenvalue weighted by Gasteiger charge is 2.75. The Hall–Kier alpha value is -0.610. The smallest absolute Gasteiger partial charge is 0.370 e. The molecule has 0 radical (unpaired) electrons. The van der Waals surface area contributed by atoms with Crippen molar-refractivity contribution in [2.75, 3.05) is 0 Å². The highest BCUT2D eigenvalue weighted by Crippen LogP contribution is 2.66. The zero-order valence-electron chi connectivity index (χ0n) is 21.1. The molecule has 1 heterocycles. The molecule has 30 heavy (non-hydrogen) atoms. The second kappa shape index (κ2) is 11.9. The number of hydrogen-bond donors (Lipinski definition) is 1. The summed E-state index contributed by atoms with van der Waals surface area (Å²) in [5, 5.41) is 10.3. The Morgan fingerprint density at radius 1 is 0.700 bits per heavy atom. The highest BCUT2D eigenvalue weighted by molar-refractivity contribution is 5.78. The fraction of sp³-hybridized carbons (Fsp3) is 0.962. The van der Waals surface area contributed by atoms with Gasteiger partial charge >= 0.3 is 11.8 Å². The summed E-state index contributed by atoms with van der Waals surface area (Å²) >= 11 is 0. The molecule has 0 saturated carbocycles. The van der Waals surface area contributed by atoms with Gasteiger partial charge in [0.25, 0.3) is 0 Å². The van der Waals surface area contributed by atoms with Crippen LogP contribution in [0.15, 0.2) is 0 Å². The van der Waals surface area contributed by atoms with Crippen molar-refractivity contribution in [3.8, 4) is 0 Å². The predicted molar refractivity (Wildman–Crippen MR) is 124 cm³/mol. The molecular formula is C26H50O4. The summed E-state index contributed by atoms with van der Waals surface area (Å²) in [5.41, 5.74) is -0.342. The fourth-order valence-corrected chi connectivity index (χ4v) is 5.51. The number of aliphatic carboxylic acids is 1. The van der Waals surface area contributed by atoms with Crippen LogP contribution in [0, 0.1) is 16.2 Å². The third kappa shape index (κ3) is 6.22. The molecule has 0 aliphatic carbocycles. The van der Waals surface area contributed by atoms with E-state index in [-0.39, 0.29) is 10.8 Å². The minimum Gasteiger partial charge on any atom is -0.477 e. The normalized spacial score (nSPS) is 16.6. The van der Waals surface area contributed by atoms with Gasteiger partial charge in [-0.1, -0.05) is 99.8 Å². The number of carboxylic acid groups (broad SMARTS) is 1. The molecule has 1 rings (SSSR count). The van der Waals surface area contributed by atoms with Gasteiger partial charge in [-0.3, -0.25) is 0 Å². The van der Waals surface area contributed by atoms with Gasteiger partial charge in [-0.25, -0.2) is 4.79 Å². The molecule has 1 fully saturated rings. The predicted octanol–water partition coefficient (Wildman–Crippen LogP) is 8.29. The molecule has 0 bridgehead atoms. The zero-order valence-corrected chi connectivity index (χ0v) is 21.1. The second-order valence-electron chi connectivity index (χ2n) is 10.9. The minimum atomic E-state index is -1.46. The third-order valence-electron chi connectivity index (χ3n) is 7.46. The molecule has 4 heteroatoms. The molecule has 0 spiro atoms. The molecule has 0 aromatic heterocycles. The van der Waals surface area contributed by atoms with Gasteiger partial charge in [-0.2, -0.15) is 9.78 Å². The largest absolute Gasteiger partial charge is 0.477 e. The Bertz CT molecular complexity index is 486. The van der Waals surface area contributed by atoms with Crippen LogP contribution in [0.25, 0.3) is 0 Å². The summed E-state index contributed by atoms with van der Waals surface area (Å²) in [4.78, 5) is 23.6. The fourth-order valence-electron chi connectivity index (χ4n) is 5.51. The van der Waals surface area contributed by atoms with Crippen LogP contribution in [0.1, 0.15) is 138 Å². The average Bonchev–Trinajstić information content (AvgIpc) is 3.50. The van der Waals surface area contributed by atoms with Crippen LogP contribution in [-0.4, -0.2) is 16.9 Å². The lowest BCUT2D eigenvalue weighted by Crippen LogP contribution is -2.56. The van der Waals surface area contributed by atoms with Crippen molar-refractivity contribution in [2.45, 2.75) is 144 Å². The van der Waals surface area contributed by atoms with E-state index in [0.29, 0.717) is 0 Å². The first-order valence-electron chi connectivity index (χ1n) is 12.7. The van der Waals surface area contributed by atoms with Gasteiger partial charge in [0.15, 0.2) is 0 Å². The topological polar surface area (TPSA) is 62.4 Å². The first kappa shape index (κ1) is 27.4. The molecule has 1 aliphatic rings. The third-order valence-corrected chi connectivity index (χ3v) is 7.46. The van der Waals surface area contributed by atoms with Crippen LogP contribution in [0.4, 0.5) is 0 Å². The van der Waals surface area contributed by atoms with Crippen molar-refractivity contribution in [1.29, 1.82) is 0 Å². The maximum Gasteiger partial charge on any atom is 0.370 e. The molecule has 0 aromatic carbocycles. The van der Waals surface area contributed by atoms with Gasteiger partial charge in [-0.05, 0) is 49.4 Å². The first-order chi connectivity index (χ1) is 14.1. The number of rotatable bonds is 17. The minimum absolute atomic E-state index is 0.0778. The summed E-state index contributed by atoms with van der Waals surface area (Å²) in [5.74, 6) is -2.39. The lowest BCUT2D eigenvalue weighted by atomic mass is 9.49. The van der Waals surface area contributed by atoms with E-state index in [2.05, 4.69) is 48.5 Å². The van der Waals surface area contributed by atoms with E-state index in [1.807, 2.05) is 0 Å². The van der Waals surface area contributed by atoms with Crippen LogP contribution >= 0.6 is 0 Å². The number of unbranched alkanes of at least 4 members (excludes halogenated alkanes) is 4. The molecule has 178 valence electrons. The van der Waals surface area contributed by atoms with Crippen LogP contribution in [0.5, 0.6) is 0 Å². The van der Waals surface area contributed by atoms with Gasteiger partial charge in [-0.15, -0.1) is 0 Å². The quantitative estimate of drug-likeness (QED) is 0.188. The monoisotopic (exact) mass is 426 g/mol. The lowest BCUT2D eigenvalue weighted by Gasteiger charge is -2.53. The number of hydrogen-bond acceptors (Lipinski definition) is 3. The zero-order chi connectivity index (χ0) is 22.9. The van der Waals surface area contributed by atoms with Gasteiger partial charge < -0.3 is 5.11 Å². The summed E-state index contributed by atoms with van der Waals surface area (Å²) in [7, 11) is 0. The van der Waals surface area contributed by atoms with E-state index in [1.54, 1.807) is 0 Å². The van der Waals surface area contributed by atoms with Crippen molar-refractivity contribution in [1.82, 2.24) is 0 Å². The highest BCUT2D eigenvalue weighted by atomic mass is 17.4. The molecule has 4 nitrogen and oxygen atoms in total. The lowest BCUT2D eigenvalue weighted by molar-refractivity contribution is -0.165. The molecular weight excluding hydrogens is 376 g/mol. The summed E-state index contributed by atoms with van der Waals surface area (Å²) < 4.78 is 0. The summed E-state index contributed by atoms with van der Waals surface area (Å²) in [6.07, 6.45) is 14.7. The van der Waals surface area contributed by atoms with Gasteiger partial charge in [0.1, 0.15) is 0 Å². The Labute approximate surface area is 186 Å². The maximum atomic E-state index is 12.6. The number of carboxylic acids is 1. The number of carbonyl (C=O) groups is 1. The molecule has 0 unspecified atom stereocenters. The van der Waals surface area contributed by atoms with E-state index in [0.717, 1.165) is 89.9 Å². The van der Waals surface area contributed by atoms with Crippen molar-refractivity contribution >= 4 is 5.97 Å². The first-order valence-corrected chi connectivity index (χ1v) is 12.7. The Morgan fingerprint density at radius 2 is 1.10 bits per heavy atom. The Kier molecular flexibility index (Phi) is 10.8. The van der Waals surface area contributed by atoms with Gasteiger partial charge in [0.05, 0.1) is 0 Å². The second-order valence-corrected chi connectivity index (χ2v) is 10.9. The molecule has 0 atom stereocenters. The van der Waals surface area contributed by atoms with E-state index >= 15 is 0 Å². The SMILES string of the molecule is CCCCC(CCCC)(CCC(C)(C)C)C(CCCC)(CCCC)C1(C(=O)O)OO1. The molecule has 0 amide bonds. The molecule has 1 N–H and O–H groups in total. The summed E-state index contributed by atoms with van der Waals surface area (Å²) in [6.45, 7) is 15.8. The van der Waals surface area contributed by atoms with E-state index in [4.69, 9.17) is 9.78 Å². The average molecular weight is 427 g/mol. The van der Waals surface area contributed by atoms with Gasteiger partial charge in [0.2, 0.25) is 0 Å². The molecule has 1 saturated heterocycles. The van der Waals surface area contributed by atoms with Crippen molar-refractivity contribution in [3.63, 3.8) is 0 Å². The molecule has 0 aromatic rings. The van der Waals surface area contributed by atoms with E-state index < -0.39 is 17.2 Å². The van der Waals surface area contributed by atoms with Crippen LogP contribution < -0.4 is 0 Å². The van der Waals surface area contributed by atoms with E-state index in [9.17, 15) is 9.90 Å². The van der Waals surface area contributed by atoms with Crippen LogP contribution in [0.3, 0.4) is 0 Å². The standard InChI is InChI=1S/C26H50O4/c1-8-12-16-24(17-13-9-2,21-20-23(5,6)7)25(18-14-10-3,19-15-11-4)26(22(27)28)29-30-26/h8-21H2,1-7H3,(H,27,28). The van der Waals surface area contributed by atoms with Crippen LogP contribution in [0.2, 0.25) is 0 Å². The van der Waals surface area contributed by atoms with Crippen molar-refractivity contribution in [3.05, 3.63) is 0 Å². The Morgan fingerprint density at radius 3 is 1.40 bits per heavy atom. The van der Waals surface area contributed by atoms with Crippen molar-refractivity contribution < 1.29 is 19.7 Å². The Balaban J connectivity index is 3.64. The van der Waals surface area contributed by atoms with Crippen LogP contribution in [-0.2, 0) is 14.6 Å². The van der Waals surface area contributed by atoms with Crippen molar-refractivity contribution in [2.24, 2.45) is 16.2 Å².